The predicted octanol–water partition coefficient (Wildman–Crippen LogP) is 6.03. The van der Waals surface area contributed by atoms with E-state index in [1.165, 1.54) is 0 Å². The minimum atomic E-state index is -0.130. The lowest BCUT2D eigenvalue weighted by molar-refractivity contribution is -0.116. The number of aromatic amines is 2. The highest BCUT2D eigenvalue weighted by Crippen LogP contribution is 2.40. The number of anilines is 2. The van der Waals surface area contributed by atoms with Gasteiger partial charge in [-0.25, -0.2) is 0 Å². The Balaban J connectivity index is 0.937. The van der Waals surface area contributed by atoms with Crippen LogP contribution in [0.5, 0.6) is 0 Å². The highest BCUT2D eigenvalue weighted by molar-refractivity contribution is 5.96. The first-order valence-electron chi connectivity index (χ1n) is 15.0. The van der Waals surface area contributed by atoms with Gasteiger partial charge in [0.25, 0.3) is 0 Å². The summed E-state index contributed by atoms with van der Waals surface area (Å²) < 4.78 is 0. The molecular formula is C34H32N8O2. The number of aromatic nitrogens is 6. The third-order valence-corrected chi connectivity index (χ3v) is 8.49. The minimum absolute atomic E-state index is 0.130. The zero-order valence-corrected chi connectivity index (χ0v) is 24.1. The van der Waals surface area contributed by atoms with E-state index in [2.05, 4.69) is 41.0 Å². The van der Waals surface area contributed by atoms with E-state index in [9.17, 15) is 9.59 Å². The fourth-order valence-corrected chi connectivity index (χ4v) is 6.31. The second-order valence-corrected chi connectivity index (χ2v) is 11.4. The molecule has 0 radical (unpaired) electrons. The van der Waals surface area contributed by atoms with Crippen LogP contribution in [0.15, 0.2) is 85.2 Å². The van der Waals surface area contributed by atoms with Crippen molar-refractivity contribution in [3.63, 3.8) is 0 Å². The van der Waals surface area contributed by atoms with Gasteiger partial charge in [0, 0.05) is 46.0 Å². The molecule has 2 aromatic carbocycles. The summed E-state index contributed by atoms with van der Waals surface area (Å²) in [6, 6.07) is 23.3. The quantitative estimate of drug-likeness (QED) is 0.172. The molecule has 0 spiro atoms. The molecule has 220 valence electrons. The second kappa shape index (κ2) is 12.1. The Kier molecular flexibility index (Phi) is 7.54. The number of H-pyrrole nitrogens is 2. The number of rotatable bonds is 8. The van der Waals surface area contributed by atoms with E-state index in [4.69, 9.17) is 0 Å². The van der Waals surface area contributed by atoms with Crippen LogP contribution in [0.1, 0.15) is 60.0 Å². The van der Waals surface area contributed by atoms with Crippen LogP contribution in [0, 0.1) is 0 Å². The molecule has 44 heavy (non-hydrogen) atoms. The van der Waals surface area contributed by atoms with Gasteiger partial charge >= 0.3 is 0 Å². The molecule has 4 heterocycles. The molecule has 0 unspecified atom stereocenters. The summed E-state index contributed by atoms with van der Waals surface area (Å²) >= 11 is 0. The molecular weight excluding hydrogens is 552 g/mol. The molecule has 4 aromatic heterocycles. The Bertz CT molecular complexity index is 1790. The van der Waals surface area contributed by atoms with Crippen LogP contribution in [0.25, 0.3) is 21.8 Å². The topological polar surface area (TPSA) is 141 Å². The first-order valence-corrected chi connectivity index (χ1v) is 15.0. The molecule has 10 heteroatoms. The van der Waals surface area contributed by atoms with Crippen LogP contribution in [0.3, 0.4) is 0 Å². The summed E-state index contributed by atoms with van der Waals surface area (Å²) in [5.74, 6) is 1.12. The van der Waals surface area contributed by atoms with Crippen molar-refractivity contribution in [2.24, 2.45) is 0 Å². The van der Waals surface area contributed by atoms with Gasteiger partial charge in [-0.15, -0.1) is 10.2 Å². The number of nitrogens with one attached hydrogen (secondary N) is 4. The lowest BCUT2D eigenvalue weighted by Crippen LogP contribution is -2.18. The van der Waals surface area contributed by atoms with Gasteiger partial charge in [-0.3, -0.25) is 9.59 Å². The average Bonchev–Trinajstić information content (AvgIpc) is 3.73. The Morgan fingerprint density at radius 2 is 1.14 bits per heavy atom. The van der Waals surface area contributed by atoms with Crippen molar-refractivity contribution in [1.82, 2.24) is 30.4 Å². The highest BCUT2D eigenvalue weighted by Gasteiger charge is 2.27. The van der Waals surface area contributed by atoms with Gasteiger partial charge in [0.05, 0.1) is 24.2 Å². The van der Waals surface area contributed by atoms with Crippen molar-refractivity contribution in [2.45, 2.75) is 50.4 Å². The molecule has 0 saturated heterocycles. The monoisotopic (exact) mass is 584 g/mol. The Hall–Kier alpha value is -5.38. The molecule has 0 aliphatic heterocycles. The lowest BCUT2D eigenvalue weighted by Gasteiger charge is -2.28. The van der Waals surface area contributed by atoms with Gasteiger partial charge in [-0.05, 0) is 78.9 Å². The van der Waals surface area contributed by atoms with Crippen LogP contribution in [-0.2, 0) is 22.4 Å². The predicted molar refractivity (Wildman–Crippen MR) is 169 cm³/mol. The Morgan fingerprint density at radius 1 is 0.636 bits per heavy atom. The van der Waals surface area contributed by atoms with E-state index >= 15 is 0 Å². The summed E-state index contributed by atoms with van der Waals surface area (Å²) in [6.45, 7) is 0. The first-order chi connectivity index (χ1) is 21.6. The zero-order chi connectivity index (χ0) is 29.9. The maximum Gasteiger partial charge on any atom is 0.230 e. The van der Waals surface area contributed by atoms with Crippen LogP contribution in [0.2, 0.25) is 0 Å². The van der Waals surface area contributed by atoms with E-state index in [0.717, 1.165) is 70.0 Å². The molecule has 1 fully saturated rings. The third kappa shape index (κ3) is 5.92. The zero-order valence-electron chi connectivity index (χ0n) is 24.1. The number of amides is 2. The number of hydrogen-bond donors (Lipinski definition) is 4. The normalized spacial score (nSPS) is 16.6. The molecule has 1 aliphatic rings. The van der Waals surface area contributed by atoms with E-state index in [1.807, 2.05) is 85.2 Å². The van der Waals surface area contributed by atoms with Crippen molar-refractivity contribution in [2.75, 3.05) is 10.6 Å². The van der Waals surface area contributed by atoms with Crippen LogP contribution in [0.4, 0.5) is 11.6 Å². The third-order valence-electron chi connectivity index (χ3n) is 8.49. The maximum absolute atomic E-state index is 12.7. The van der Waals surface area contributed by atoms with E-state index in [-0.39, 0.29) is 36.5 Å². The molecule has 1 saturated carbocycles. The fraction of sp³-hybridized carbons (Fsp3) is 0.235. The van der Waals surface area contributed by atoms with Gasteiger partial charge in [0.2, 0.25) is 11.8 Å². The number of benzene rings is 2. The summed E-state index contributed by atoms with van der Waals surface area (Å²) in [5, 5.41) is 25.4. The van der Waals surface area contributed by atoms with Crippen molar-refractivity contribution in [1.29, 1.82) is 0 Å². The standard InChI is InChI=1S/C34H32N8O2/c43-33(19-21-4-2-8-29-25(21)14-16-35-29)37-31-12-10-27(39-41-31)23-6-1-7-24(18-23)28-11-13-32(42-40-28)38-34(44)20-22-5-3-9-30-26(22)15-17-36-30/h2-5,8-17,23-24,35-36H,1,6-7,18-20H2,(H,37,41,43)(H,38,42,44)/t23-,24+. The van der Waals surface area contributed by atoms with Crippen molar-refractivity contribution in [3.8, 4) is 0 Å². The van der Waals surface area contributed by atoms with Crippen LogP contribution in [-0.4, -0.2) is 42.2 Å². The van der Waals surface area contributed by atoms with Crippen molar-refractivity contribution < 1.29 is 9.59 Å². The molecule has 10 nitrogen and oxygen atoms in total. The van der Waals surface area contributed by atoms with Gasteiger partial charge in [0.1, 0.15) is 0 Å². The number of fused-ring (bicyclic) bond motifs is 2. The van der Waals surface area contributed by atoms with Crippen LogP contribution < -0.4 is 10.6 Å². The summed E-state index contributed by atoms with van der Waals surface area (Å²) in [4.78, 5) is 31.8. The highest BCUT2D eigenvalue weighted by atomic mass is 16.2. The Morgan fingerprint density at radius 3 is 1.59 bits per heavy atom. The molecule has 7 rings (SSSR count). The molecule has 2 amide bonds. The van der Waals surface area contributed by atoms with Gasteiger partial charge in [-0.1, -0.05) is 30.7 Å². The van der Waals surface area contributed by atoms with Crippen molar-refractivity contribution in [3.05, 3.63) is 108 Å². The summed E-state index contributed by atoms with van der Waals surface area (Å²) in [6.07, 6.45) is 8.25. The minimum Gasteiger partial charge on any atom is -0.361 e. The maximum atomic E-state index is 12.7. The first kappa shape index (κ1) is 27.5. The van der Waals surface area contributed by atoms with Gasteiger partial charge < -0.3 is 20.6 Å². The average molecular weight is 585 g/mol. The largest absolute Gasteiger partial charge is 0.361 e. The fourth-order valence-electron chi connectivity index (χ4n) is 6.31. The second-order valence-electron chi connectivity index (χ2n) is 11.4. The smallest absolute Gasteiger partial charge is 0.230 e. The summed E-state index contributed by atoms with van der Waals surface area (Å²) in [7, 11) is 0. The van der Waals surface area contributed by atoms with Gasteiger partial charge in [-0.2, -0.15) is 10.2 Å². The molecule has 1 aliphatic carbocycles. The number of carbonyl (C=O) groups is 2. The van der Waals surface area contributed by atoms with E-state index in [0.29, 0.717) is 11.6 Å². The van der Waals surface area contributed by atoms with Crippen molar-refractivity contribution >= 4 is 45.3 Å². The molecule has 4 N–H and O–H groups in total. The molecule has 6 aromatic rings. The van der Waals surface area contributed by atoms with E-state index in [1.54, 1.807) is 0 Å². The molecule has 2 atom stereocenters. The Labute approximate surface area is 253 Å². The SMILES string of the molecule is O=C(Cc1cccc2[nH]ccc12)Nc1ccc([C@@H]2CCC[C@H](c3ccc(NC(=O)Cc4cccc5[nH]ccc45)nn3)C2)nn1. The lowest BCUT2D eigenvalue weighted by atomic mass is 9.78. The van der Waals surface area contributed by atoms with Crippen LogP contribution >= 0.6 is 0 Å². The van der Waals surface area contributed by atoms with Gasteiger partial charge in [0.15, 0.2) is 11.6 Å². The summed E-state index contributed by atoms with van der Waals surface area (Å²) in [5.41, 5.74) is 5.77. The van der Waals surface area contributed by atoms with E-state index < -0.39 is 0 Å². The molecule has 0 bridgehead atoms. The number of carbonyl (C=O) groups excluding carboxylic acids is 2. The number of nitrogens with zero attached hydrogens (tertiary/aromatic N) is 4. The number of hydrogen-bond acceptors (Lipinski definition) is 6.